The first kappa shape index (κ1) is 15.6. The molecule has 0 spiro atoms. The van der Waals surface area contributed by atoms with E-state index in [4.69, 9.17) is 21.7 Å². The Morgan fingerprint density at radius 1 is 1.21 bits per heavy atom. The van der Waals surface area contributed by atoms with Gasteiger partial charge in [0.1, 0.15) is 6.10 Å². The molecule has 1 aromatic heterocycles. The lowest BCUT2D eigenvalue weighted by molar-refractivity contribution is -0.156. The molecule has 0 aliphatic carbocycles. The summed E-state index contributed by atoms with van der Waals surface area (Å²) in [6, 6.07) is 3.90. The number of nitrogens with zero attached hydrogens (tertiary/aromatic N) is 4. The standard InChI is InChI=1S/C16H18N4O3S/c1-8-4-9(2)14(10(3)5-8)20-16(24)19(17-18-20)11-6-12(21)15-22-7-13(11)23-15/h4-5,11,13,15H,6-7H2,1-3H3/t11-,13+,15+/m1/s1. The number of aryl methyl sites for hydroxylation is 3. The highest BCUT2D eigenvalue weighted by atomic mass is 32.1. The van der Waals surface area contributed by atoms with Crippen LogP contribution in [0.15, 0.2) is 12.1 Å². The molecule has 2 saturated heterocycles. The topological polar surface area (TPSA) is 71.2 Å². The predicted octanol–water partition coefficient (Wildman–Crippen LogP) is 1.98. The molecule has 4 rings (SSSR count). The van der Waals surface area contributed by atoms with Gasteiger partial charge in [-0.15, -0.1) is 0 Å². The first-order valence-electron chi connectivity index (χ1n) is 7.88. The zero-order valence-corrected chi connectivity index (χ0v) is 14.5. The summed E-state index contributed by atoms with van der Waals surface area (Å²) >= 11 is 5.59. The number of hydrogen-bond donors (Lipinski definition) is 0. The predicted molar refractivity (Wildman–Crippen MR) is 87.7 cm³/mol. The van der Waals surface area contributed by atoms with Gasteiger partial charge in [-0.3, -0.25) is 4.79 Å². The second kappa shape index (κ2) is 5.58. The van der Waals surface area contributed by atoms with E-state index in [9.17, 15) is 4.79 Å². The van der Waals surface area contributed by atoms with Crippen molar-refractivity contribution >= 4 is 18.0 Å². The summed E-state index contributed by atoms with van der Waals surface area (Å²) in [5.74, 6) is -0.0760. The molecule has 3 atom stereocenters. The SMILES string of the molecule is Cc1cc(C)c(-n2nnn([C@@H]3CC(=O)[C@H]4OC[C@@H]3O4)c2=S)c(C)c1. The molecule has 3 heterocycles. The summed E-state index contributed by atoms with van der Waals surface area (Å²) in [5, 5.41) is 8.45. The fraction of sp³-hybridized carbons (Fsp3) is 0.500. The van der Waals surface area contributed by atoms with Gasteiger partial charge in [-0.1, -0.05) is 17.7 Å². The zero-order valence-electron chi connectivity index (χ0n) is 13.7. The van der Waals surface area contributed by atoms with E-state index in [0.29, 0.717) is 17.8 Å². The van der Waals surface area contributed by atoms with E-state index in [-0.39, 0.29) is 17.9 Å². The van der Waals surface area contributed by atoms with Crippen LogP contribution in [0.2, 0.25) is 0 Å². The first-order valence-corrected chi connectivity index (χ1v) is 8.29. The molecule has 1 aromatic carbocycles. The molecule has 2 aliphatic rings. The van der Waals surface area contributed by atoms with Crippen molar-refractivity contribution in [3.63, 3.8) is 0 Å². The number of ketones is 1. The Balaban J connectivity index is 1.77. The number of carbonyl (C=O) groups excluding carboxylic acids is 1. The Labute approximate surface area is 144 Å². The Morgan fingerprint density at radius 3 is 2.62 bits per heavy atom. The number of aromatic nitrogens is 4. The molecule has 0 saturated carbocycles. The number of rotatable bonds is 2. The maximum Gasteiger partial charge on any atom is 0.221 e. The van der Waals surface area contributed by atoms with Crippen molar-refractivity contribution in [1.82, 2.24) is 19.8 Å². The van der Waals surface area contributed by atoms with Crippen molar-refractivity contribution < 1.29 is 14.3 Å². The average molecular weight is 346 g/mol. The van der Waals surface area contributed by atoms with Crippen molar-refractivity contribution in [2.24, 2.45) is 0 Å². The van der Waals surface area contributed by atoms with E-state index in [0.717, 1.165) is 16.8 Å². The maximum absolute atomic E-state index is 12.0. The molecule has 2 aromatic rings. The minimum Gasteiger partial charge on any atom is -0.343 e. The number of Topliss-reactive ketones (excluding diaryl/α,β-unsaturated/α-hetero) is 1. The van der Waals surface area contributed by atoms with Gasteiger partial charge in [0.25, 0.3) is 0 Å². The van der Waals surface area contributed by atoms with Crippen LogP contribution in [0.5, 0.6) is 0 Å². The van der Waals surface area contributed by atoms with E-state index in [1.54, 1.807) is 9.36 Å². The number of fused-ring (bicyclic) bond motifs is 2. The zero-order chi connectivity index (χ0) is 17.0. The van der Waals surface area contributed by atoms with E-state index >= 15 is 0 Å². The lowest BCUT2D eigenvalue weighted by atomic mass is 10.0. The van der Waals surface area contributed by atoms with Gasteiger partial charge >= 0.3 is 0 Å². The van der Waals surface area contributed by atoms with Crippen LogP contribution in [-0.2, 0) is 14.3 Å². The molecule has 0 N–H and O–H groups in total. The summed E-state index contributed by atoms with van der Waals surface area (Å²) in [6.07, 6.45) is -0.643. The molecule has 0 amide bonds. The van der Waals surface area contributed by atoms with Crippen LogP contribution in [0.3, 0.4) is 0 Å². The summed E-state index contributed by atoms with van der Waals surface area (Å²) in [5.41, 5.74) is 4.28. The van der Waals surface area contributed by atoms with Gasteiger partial charge in [0.05, 0.1) is 18.3 Å². The van der Waals surface area contributed by atoms with Crippen molar-refractivity contribution in [2.75, 3.05) is 6.61 Å². The van der Waals surface area contributed by atoms with Gasteiger partial charge in [0.2, 0.25) is 11.1 Å². The largest absolute Gasteiger partial charge is 0.343 e. The molecular weight excluding hydrogens is 328 g/mol. The first-order chi connectivity index (χ1) is 11.5. The average Bonchev–Trinajstić information content (AvgIpc) is 3.09. The van der Waals surface area contributed by atoms with Crippen LogP contribution >= 0.6 is 12.2 Å². The molecular formula is C16H18N4O3S. The molecule has 24 heavy (non-hydrogen) atoms. The normalized spacial score (nSPS) is 26.1. The summed E-state index contributed by atoms with van der Waals surface area (Å²) in [4.78, 5) is 12.0. The third-order valence-electron chi connectivity index (χ3n) is 4.58. The fourth-order valence-electron chi connectivity index (χ4n) is 3.58. The third-order valence-corrected chi connectivity index (χ3v) is 4.94. The van der Waals surface area contributed by atoms with Gasteiger partial charge in [0.15, 0.2) is 5.78 Å². The highest BCUT2D eigenvalue weighted by Gasteiger charge is 2.45. The van der Waals surface area contributed by atoms with Crippen LogP contribution in [0.25, 0.3) is 5.69 Å². The van der Waals surface area contributed by atoms with Crippen LogP contribution in [0.4, 0.5) is 0 Å². The van der Waals surface area contributed by atoms with Crippen molar-refractivity contribution in [1.29, 1.82) is 0 Å². The van der Waals surface area contributed by atoms with E-state index in [1.807, 2.05) is 13.8 Å². The van der Waals surface area contributed by atoms with Crippen molar-refractivity contribution in [2.45, 2.75) is 45.6 Å². The van der Waals surface area contributed by atoms with Crippen molar-refractivity contribution in [3.8, 4) is 5.69 Å². The number of ether oxygens (including phenoxy) is 2. The van der Waals surface area contributed by atoms with E-state index < -0.39 is 6.29 Å². The summed E-state index contributed by atoms with van der Waals surface area (Å²) < 4.78 is 14.7. The molecule has 2 fully saturated rings. The number of carbonyl (C=O) groups is 1. The summed E-state index contributed by atoms with van der Waals surface area (Å²) in [7, 11) is 0. The van der Waals surface area contributed by atoms with Crippen LogP contribution in [-0.4, -0.2) is 44.6 Å². The quantitative estimate of drug-likeness (QED) is 0.775. The van der Waals surface area contributed by atoms with Crippen LogP contribution in [0.1, 0.15) is 29.2 Å². The Hall–Kier alpha value is -1.90. The number of tetrazole rings is 1. The molecule has 126 valence electrons. The highest BCUT2D eigenvalue weighted by Crippen LogP contribution is 2.33. The van der Waals surface area contributed by atoms with Gasteiger partial charge < -0.3 is 9.47 Å². The molecule has 0 unspecified atom stereocenters. The Kier molecular flexibility index (Phi) is 3.63. The van der Waals surface area contributed by atoms with E-state index in [2.05, 4.69) is 29.5 Å². The lowest BCUT2D eigenvalue weighted by Crippen LogP contribution is -2.37. The summed E-state index contributed by atoms with van der Waals surface area (Å²) in [6.45, 7) is 6.48. The molecule has 2 aliphatic heterocycles. The van der Waals surface area contributed by atoms with Gasteiger partial charge in [-0.05, 0) is 54.5 Å². The molecule has 0 radical (unpaired) electrons. The molecule has 8 heteroatoms. The Bertz CT molecular complexity index is 865. The minimum absolute atomic E-state index is 0.0760. The molecule has 7 nitrogen and oxygen atoms in total. The van der Waals surface area contributed by atoms with Gasteiger partial charge in [0, 0.05) is 6.42 Å². The third kappa shape index (κ3) is 2.33. The number of benzene rings is 1. The second-order valence-electron chi connectivity index (χ2n) is 6.44. The minimum atomic E-state index is -0.725. The fourth-order valence-corrected chi connectivity index (χ4v) is 3.88. The van der Waals surface area contributed by atoms with Gasteiger partial charge in [-0.25, -0.2) is 4.68 Å². The number of hydrogen-bond acceptors (Lipinski definition) is 6. The van der Waals surface area contributed by atoms with Crippen molar-refractivity contribution in [3.05, 3.63) is 33.6 Å². The monoisotopic (exact) mass is 346 g/mol. The van der Waals surface area contributed by atoms with Crippen LogP contribution < -0.4 is 0 Å². The molecule has 2 bridgehead atoms. The smallest absolute Gasteiger partial charge is 0.221 e. The maximum atomic E-state index is 12.0. The van der Waals surface area contributed by atoms with E-state index in [1.165, 1.54) is 5.56 Å². The lowest BCUT2D eigenvalue weighted by Gasteiger charge is -2.25. The highest BCUT2D eigenvalue weighted by molar-refractivity contribution is 7.71. The second-order valence-corrected chi connectivity index (χ2v) is 6.81. The Morgan fingerprint density at radius 2 is 1.92 bits per heavy atom. The van der Waals surface area contributed by atoms with Gasteiger partial charge in [-0.2, -0.15) is 4.68 Å². The van der Waals surface area contributed by atoms with Crippen LogP contribution in [0, 0.1) is 25.5 Å².